The van der Waals surface area contributed by atoms with E-state index in [9.17, 15) is 4.79 Å². The van der Waals surface area contributed by atoms with E-state index in [1.807, 2.05) is 0 Å². The molecule has 1 aliphatic rings. The fourth-order valence-corrected chi connectivity index (χ4v) is 2.42. The SMILES string of the molecule is O=C(O)c1ccc(Cl)cc1OCCN1CCCCC1. The number of halogens is 1. The summed E-state index contributed by atoms with van der Waals surface area (Å²) in [7, 11) is 0. The molecule has 1 saturated heterocycles. The van der Waals surface area contributed by atoms with E-state index in [2.05, 4.69) is 4.90 Å². The third-order valence-electron chi connectivity index (χ3n) is 3.29. The average molecular weight is 284 g/mol. The normalized spacial score (nSPS) is 16.3. The first kappa shape index (κ1) is 14.2. The second-order valence-electron chi connectivity index (χ2n) is 4.70. The van der Waals surface area contributed by atoms with E-state index < -0.39 is 5.97 Å². The van der Waals surface area contributed by atoms with Crippen LogP contribution in [0.1, 0.15) is 29.6 Å². The molecule has 4 nitrogen and oxygen atoms in total. The summed E-state index contributed by atoms with van der Waals surface area (Å²) >= 11 is 5.87. The highest BCUT2D eigenvalue weighted by Crippen LogP contribution is 2.23. The lowest BCUT2D eigenvalue weighted by molar-refractivity contribution is 0.0691. The number of carboxylic acids is 1. The summed E-state index contributed by atoms with van der Waals surface area (Å²) in [5, 5.41) is 9.56. The number of carboxylic acid groups (broad SMARTS) is 1. The van der Waals surface area contributed by atoms with Gasteiger partial charge in [-0.3, -0.25) is 4.90 Å². The summed E-state index contributed by atoms with van der Waals surface area (Å²) in [4.78, 5) is 13.4. The molecule has 1 heterocycles. The first-order valence-electron chi connectivity index (χ1n) is 6.55. The van der Waals surface area contributed by atoms with Gasteiger partial charge < -0.3 is 9.84 Å². The molecule has 1 aromatic carbocycles. The van der Waals surface area contributed by atoms with Gasteiger partial charge in [-0.05, 0) is 44.1 Å². The molecule has 0 spiro atoms. The summed E-state index contributed by atoms with van der Waals surface area (Å²) in [6, 6.07) is 4.59. The van der Waals surface area contributed by atoms with Crippen molar-refractivity contribution in [3.05, 3.63) is 28.8 Å². The van der Waals surface area contributed by atoms with Gasteiger partial charge >= 0.3 is 5.97 Å². The molecule has 0 radical (unpaired) electrons. The number of ether oxygens (including phenoxy) is 1. The van der Waals surface area contributed by atoms with Gasteiger partial charge in [-0.1, -0.05) is 18.0 Å². The van der Waals surface area contributed by atoms with Gasteiger partial charge in [0.1, 0.15) is 17.9 Å². The van der Waals surface area contributed by atoms with Crippen LogP contribution in [0.2, 0.25) is 5.02 Å². The molecular formula is C14H18ClNO3. The second kappa shape index (κ2) is 6.78. The Bertz CT molecular complexity index is 444. The van der Waals surface area contributed by atoms with Crippen molar-refractivity contribution in [3.8, 4) is 5.75 Å². The van der Waals surface area contributed by atoms with Crippen molar-refractivity contribution in [1.29, 1.82) is 0 Å². The Morgan fingerprint density at radius 2 is 2.05 bits per heavy atom. The van der Waals surface area contributed by atoms with Gasteiger partial charge in [0.05, 0.1) is 0 Å². The van der Waals surface area contributed by atoms with Crippen LogP contribution in [-0.2, 0) is 0 Å². The van der Waals surface area contributed by atoms with Gasteiger partial charge in [0.2, 0.25) is 0 Å². The first-order chi connectivity index (χ1) is 9.16. The Morgan fingerprint density at radius 3 is 2.74 bits per heavy atom. The van der Waals surface area contributed by atoms with Gasteiger partial charge in [-0.15, -0.1) is 0 Å². The zero-order valence-corrected chi connectivity index (χ0v) is 11.5. The molecule has 0 bridgehead atoms. The van der Waals surface area contributed by atoms with Crippen LogP contribution in [0.4, 0.5) is 0 Å². The molecule has 104 valence electrons. The third kappa shape index (κ3) is 4.11. The smallest absolute Gasteiger partial charge is 0.339 e. The molecule has 19 heavy (non-hydrogen) atoms. The third-order valence-corrected chi connectivity index (χ3v) is 3.52. The molecule has 1 aromatic rings. The van der Waals surface area contributed by atoms with Crippen LogP contribution in [0.3, 0.4) is 0 Å². The molecule has 0 aromatic heterocycles. The van der Waals surface area contributed by atoms with Crippen molar-refractivity contribution >= 4 is 17.6 Å². The number of piperidine rings is 1. The first-order valence-corrected chi connectivity index (χ1v) is 6.92. The van der Waals surface area contributed by atoms with E-state index >= 15 is 0 Å². The molecule has 0 saturated carbocycles. The second-order valence-corrected chi connectivity index (χ2v) is 5.13. The van der Waals surface area contributed by atoms with E-state index in [-0.39, 0.29) is 5.56 Å². The molecule has 5 heteroatoms. The van der Waals surface area contributed by atoms with Gasteiger partial charge in [-0.2, -0.15) is 0 Å². The monoisotopic (exact) mass is 283 g/mol. The van der Waals surface area contributed by atoms with Gasteiger partial charge in [0.15, 0.2) is 0 Å². The van der Waals surface area contributed by atoms with Crippen LogP contribution in [0.25, 0.3) is 0 Å². The standard InChI is InChI=1S/C14H18ClNO3/c15-11-4-5-12(14(17)18)13(10-11)19-9-8-16-6-2-1-3-7-16/h4-5,10H,1-3,6-9H2,(H,17,18). The Hall–Kier alpha value is -1.26. The number of hydrogen-bond donors (Lipinski definition) is 1. The summed E-state index contributed by atoms with van der Waals surface area (Å²) in [6.45, 7) is 3.52. The summed E-state index contributed by atoms with van der Waals surface area (Å²) in [5.74, 6) is -0.651. The molecule has 0 amide bonds. The largest absolute Gasteiger partial charge is 0.491 e. The Balaban J connectivity index is 1.91. The highest BCUT2D eigenvalue weighted by Gasteiger charge is 2.13. The number of rotatable bonds is 5. The number of hydrogen-bond acceptors (Lipinski definition) is 3. The fourth-order valence-electron chi connectivity index (χ4n) is 2.26. The zero-order chi connectivity index (χ0) is 13.7. The fraction of sp³-hybridized carbons (Fsp3) is 0.500. The number of carbonyl (C=O) groups is 1. The minimum absolute atomic E-state index is 0.156. The van der Waals surface area contributed by atoms with Crippen LogP contribution in [0.15, 0.2) is 18.2 Å². The van der Waals surface area contributed by atoms with Crippen LogP contribution < -0.4 is 4.74 Å². The van der Waals surface area contributed by atoms with Crippen molar-refractivity contribution < 1.29 is 14.6 Å². The number of benzene rings is 1. The van der Waals surface area contributed by atoms with E-state index in [0.717, 1.165) is 19.6 Å². The van der Waals surface area contributed by atoms with E-state index in [1.165, 1.54) is 25.3 Å². The van der Waals surface area contributed by atoms with Crippen LogP contribution in [0.5, 0.6) is 5.75 Å². The predicted octanol–water partition coefficient (Wildman–Crippen LogP) is 2.90. The van der Waals surface area contributed by atoms with Gasteiger partial charge in [-0.25, -0.2) is 4.79 Å². The molecule has 0 atom stereocenters. The Kier molecular flexibility index (Phi) is 5.05. The maximum absolute atomic E-state index is 11.1. The molecule has 1 fully saturated rings. The maximum atomic E-state index is 11.1. The lowest BCUT2D eigenvalue weighted by Gasteiger charge is -2.26. The average Bonchev–Trinajstić information content (AvgIpc) is 2.39. The number of nitrogens with zero attached hydrogens (tertiary/aromatic N) is 1. The molecular weight excluding hydrogens is 266 g/mol. The zero-order valence-electron chi connectivity index (χ0n) is 10.8. The van der Waals surface area contributed by atoms with Crippen LogP contribution in [0, 0.1) is 0 Å². The predicted molar refractivity (Wildman–Crippen MR) is 74.2 cm³/mol. The molecule has 2 rings (SSSR count). The van der Waals surface area contributed by atoms with Crippen molar-refractivity contribution in [3.63, 3.8) is 0 Å². The Labute approximate surface area is 117 Å². The van der Waals surface area contributed by atoms with Crippen molar-refractivity contribution in [2.45, 2.75) is 19.3 Å². The van der Waals surface area contributed by atoms with Crippen LogP contribution in [-0.4, -0.2) is 42.2 Å². The topological polar surface area (TPSA) is 49.8 Å². The quantitative estimate of drug-likeness (QED) is 0.903. The van der Waals surface area contributed by atoms with Gasteiger partial charge in [0.25, 0.3) is 0 Å². The Morgan fingerprint density at radius 1 is 1.32 bits per heavy atom. The number of likely N-dealkylation sites (tertiary alicyclic amines) is 1. The summed E-state index contributed by atoms with van der Waals surface area (Å²) < 4.78 is 5.58. The van der Waals surface area contributed by atoms with E-state index in [1.54, 1.807) is 12.1 Å². The highest BCUT2D eigenvalue weighted by molar-refractivity contribution is 6.30. The van der Waals surface area contributed by atoms with Crippen molar-refractivity contribution in [2.75, 3.05) is 26.2 Å². The van der Waals surface area contributed by atoms with Crippen molar-refractivity contribution in [2.24, 2.45) is 0 Å². The lowest BCUT2D eigenvalue weighted by Crippen LogP contribution is -2.33. The molecule has 0 unspecified atom stereocenters. The molecule has 0 aliphatic carbocycles. The van der Waals surface area contributed by atoms with Crippen molar-refractivity contribution in [1.82, 2.24) is 4.90 Å². The number of aromatic carboxylic acids is 1. The van der Waals surface area contributed by atoms with E-state index in [4.69, 9.17) is 21.4 Å². The molecule has 1 N–H and O–H groups in total. The van der Waals surface area contributed by atoms with Gasteiger partial charge in [0, 0.05) is 11.6 Å². The maximum Gasteiger partial charge on any atom is 0.339 e. The minimum atomic E-state index is -0.996. The highest BCUT2D eigenvalue weighted by atomic mass is 35.5. The van der Waals surface area contributed by atoms with Crippen LogP contribution >= 0.6 is 11.6 Å². The molecule has 1 aliphatic heterocycles. The van der Waals surface area contributed by atoms with E-state index in [0.29, 0.717) is 17.4 Å². The summed E-state index contributed by atoms with van der Waals surface area (Å²) in [6.07, 6.45) is 3.77. The minimum Gasteiger partial charge on any atom is -0.491 e. The lowest BCUT2D eigenvalue weighted by atomic mass is 10.1. The summed E-state index contributed by atoms with van der Waals surface area (Å²) in [5.41, 5.74) is 0.156.